The Bertz CT molecular complexity index is 417. The van der Waals surface area contributed by atoms with Crippen LogP contribution in [0.4, 0.5) is 0 Å². The fourth-order valence-corrected chi connectivity index (χ4v) is 2.72. The van der Waals surface area contributed by atoms with Crippen molar-refractivity contribution in [2.24, 2.45) is 5.92 Å². The molecule has 0 aliphatic heterocycles. The fourth-order valence-electron chi connectivity index (χ4n) is 2.31. The first-order valence-corrected chi connectivity index (χ1v) is 7.03. The highest BCUT2D eigenvalue weighted by molar-refractivity contribution is 9.10. The van der Waals surface area contributed by atoms with Crippen LogP contribution in [0.3, 0.4) is 0 Å². The van der Waals surface area contributed by atoms with Crippen LogP contribution in [0.2, 0.25) is 0 Å². The van der Waals surface area contributed by atoms with Gasteiger partial charge in [0, 0.05) is 10.4 Å². The van der Waals surface area contributed by atoms with Crippen molar-refractivity contribution >= 4 is 27.8 Å². The van der Waals surface area contributed by atoms with Gasteiger partial charge in [0.05, 0.1) is 0 Å². The van der Waals surface area contributed by atoms with Gasteiger partial charge < -0.3 is 0 Å². The predicted molar refractivity (Wildman–Crippen MR) is 74.8 cm³/mol. The van der Waals surface area contributed by atoms with E-state index in [2.05, 4.69) is 15.9 Å². The minimum Gasteiger partial charge on any atom is -0.295 e. The average Bonchev–Trinajstić information content (AvgIpc) is 2.38. The zero-order valence-electron chi connectivity index (χ0n) is 9.86. The topological polar surface area (TPSA) is 17.1 Å². The first-order chi connectivity index (χ1) is 8.27. The summed E-state index contributed by atoms with van der Waals surface area (Å²) in [6.45, 7) is 0. The van der Waals surface area contributed by atoms with Gasteiger partial charge in [-0.15, -0.1) is 0 Å². The monoisotopic (exact) mass is 292 g/mol. The van der Waals surface area contributed by atoms with E-state index < -0.39 is 0 Å². The number of carbonyl (C=O) groups excluding carboxylic acids is 1. The van der Waals surface area contributed by atoms with Crippen LogP contribution >= 0.6 is 15.9 Å². The molecule has 0 unspecified atom stereocenters. The minimum atomic E-state index is 0.266. The van der Waals surface area contributed by atoms with E-state index in [9.17, 15) is 4.79 Å². The van der Waals surface area contributed by atoms with Gasteiger partial charge in [0.2, 0.25) is 0 Å². The molecule has 17 heavy (non-hydrogen) atoms. The maximum absolute atomic E-state index is 12.0. The molecule has 1 nitrogen and oxygen atoms in total. The summed E-state index contributed by atoms with van der Waals surface area (Å²) in [7, 11) is 0. The molecule has 90 valence electrons. The second-order valence-electron chi connectivity index (χ2n) is 4.59. The molecule has 0 amide bonds. The molecule has 1 saturated carbocycles. The summed E-state index contributed by atoms with van der Waals surface area (Å²) in [6.07, 6.45) is 9.51. The van der Waals surface area contributed by atoms with Gasteiger partial charge in [-0.3, -0.25) is 4.79 Å². The third kappa shape index (κ3) is 3.53. The van der Waals surface area contributed by atoms with Crippen molar-refractivity contribution in [1.82, 2.24) is 0 Å². The molecule has 1 aromatic rings. The first kappa shape index (κ1) is 12.6. The first-order valence-electron chi connectivity index (χ1n) is 6.24. The molecule has 0 spiro atoms. The number of hydrogen-bond acceptors (Lipinski definition) is 1. The summed E-state index contributed by atoms with van der Waals surface area (Å²) >= 11 is 3.48. The number of ketones is 1. The van der Waals surface area contributed by atoms with Crippen LogP contribution < -0.4 is 0 Å². The quantitative estimate of drug-likeness (QED) is 0.744. The van der Waals surface area contributed by atoms with Gasteiger partial charge in [-0.25, -0.2) is 0 Å². The van der Waals surface area contributed by atoms with E-state index in [1.165, 1.54) is 19.3 Å². The van der Waals surface area contributed by atoms with Crippen LogP contribution in [0.1, 0.15) is 37.7 Å². The standard InChI is InChI=1S/C15H17BrO/c16-14-9-5-4-6-12(14)10-11-15(17)13-7-2-1-3-8-13/h4-6,9-11,13H,1-3,7-8H2/b11-10+. The Kier molecular flexibility index (Phi) is 4.55. The molecule has 1 aliphatic carbocycles. The van der Waals surface area contributed by atoms with Crippen molar-refractivity contribution in [2.75, 3.05) is 0 Å². The van der Waals surface area contributed by atoms with Gasteiger partial charge >= 0.3 is 0 Å². The molecule has 2 rings (SSSR count). The highest BCUT2D eigenvalue weighted by atomic mass is 79.9. The molecular formula is C15H17BrO. The summed E-state index contributed by atoms with van der Waals surface area (Å²) in [5, 5.41) is 0. The molecule has 0 radical (unpaired) electrons. The lowest BCUT2D eigenvalue weighted by atomic mass is 9.86. The second-order valence-corrected chi connectivity index (χ2v) is 5.45. The summed E-state index contributed by atoms with van der Waals surface area (Å²) < 4.78 is 1.03. The van der Waals surface area contributed by atoms with E-state index in [1.54, 1.807) is 6.08 Å². The van der Waals surface area contributed by atoms with E-state index in [-0.39, 0.29) is 5.92 Å². The Morgan fingerprint density at radius 1 is 1.18 bits per heavy atom. The van der Waals surface area contributed by atoms with Crippen LogP contribution in [0.25, 0.3) is 6.08 Å². The van der Waals surface area contributed by atoms with Crippen molar-refractivity contribution in [3.05, 3.63) is 40.4 Å². The Balaban J connectivity index is 2.00. The molecule has 1 aliphatic rings. The minimum absolute atomic E-state index is 0.266. The second kappa shape index (κ2) is 6.15. The van der Waals surface area contributed by atoms with Gasteiger partial charge in [-0.2, -0.15) is 0 Å². The molecule has 0 saturated heterocycles. The third-order valence-corrected chi connectivity index (χ3v) is 4.06. The summed E-state index contributed by atoms with van der Waals surface area (Å²) in [5.74, 6) is 0.558. The number of rotatable bonds is 3. The average molecular weight is 293 g/mol. The summed E-state index contributed by atoms with van der Waals surface area (Å²) in [6, 6.07) is 7.96. The van der Waals surface area contributed by atoms with Crippen LogP contribution in [-0.4, -0.2) is 5.78 Å². The molecule has 0 bridgehead atoms. The van der Waals surface area contributed by atoms with E-state index in [1.807, 2.05) is 30.3 Å². The zero-order chi connectivity index (χ0) is 12.1. The maximum Gasteiger partial charge on any atom is 0.158 e. The van der Waals surface area contributed by atoms with Crippen LogP contribution in [0.5, 0.6) is 0 Å². The highest BCUT2D eigenvalue weighted by Gasteiger charge is 2.18. The third-order valence-electron chi connectivity index (χ3n) is 3.34. The normalized spacial score (nSPS) is 17.5. The van der Waals surface area contributed by atoms with Gasteiger partial charge in [0.15, 0.2) is 5.78 Å². The predicted octanol–water partition coefficient (Wildman–Crippen LogP) is 4.61. The number of halogens is 1. The van der Waals surface area contributed by atoms with Crippen LogP contribution in [-0.2, 0) is 4.79 Å². The van der Waals surface area contributed by atoms with E-state index >= 15 is 0 Å². The Hall–Kier alpha value is -0.890. The van der Waals surface area contributed by atoms with Crippen molar-refractivity contribution in [3.63, 3.8) is 0 Å². The van der Waals surface area contributed by atoms with Crippen molar-refractivity contribution in [1.29, 1.82) is 0 Å². The van der Waals surface area contributed by atoms with Crippen molar-refractivity contribution < 1.29 is 4.79 Å². The Morgan fingerprint density at radius 3 is 2.59 bits per heavy atom. The lowest BCUT2D eigenvalue weighted by Gasteiger charge is -2.18. The lowest BCUT2D eigenvalue weighted by molar-refractivity contribution is -0.119. The van der Waals surface area contributed by atoms with Crippen molar-refractivity contribution in [3.8, 4) is 0 Å². The summed E-state index contributed by atoms with van der Waals surface area (Å²) in [5.41, 5.74) is 1.07. The molecule has 0 atom stereocenters. The Morgan fingerprint density at radius 2 is 1.88 bits per heavy atom. The Labute approximate surface area is 111 Å². The fraction of sp³-hybridized carbons (Fsp3) is 0.400. The van der Waals surface area contributed by atoms with Gasteiger partial charge in [-0.1, -0.05) is 59.5 Å². The number of allylic oxidation sites excluding steroid dienone is 1. The van der Waals surface area contributed by atoms with Crippen LogP contribution in [0.15, 0.2) is 34.8 Å². The van der Waals surface area contributed by atoms with Gasteiger partial charge in [0.1, 0.15) is 0 Å². The molecule has 0 aromatic heterocycles. The lowest BCUT2D eigenvalue weighted by Crippen LogP contribution is -2.15. The number of benzene rings is 1. The number of hydrogen-bond donors (Lipinski definition) is 0. The smallest absolute Gasteiger partial charge is 0.158 e. The molecule has 2 heteroatoms. The molecule has 0 N–H and O–H groups in total. The molecule has 1 aromatic carbocycles. The SMILES string of the molecule is O=C(/C=C/c1ccccc1Br)C1CCCCC1. The van der Waals surface area contributed by atoms with Gasteiger partial charge in [-0.05, 0) is 30.5 Å². The maximum atomic E-state index is 12.0. The molecule has 0 heterocycles. The number of carbonyl (C=O) groups is 1. The van der Waals surface area contributed by atoms with E-state index in [0.717, 1.165) is 22.9 Å². The molecular weight excluding hydrogens is 276 g/mol. The van der Waals surface area contributed by atoms with Gasteiger partial charge in [0.25, 0.3) is 0 Å². The van der Waals surface area contributed by atoms with E-state index in [4.69, 9.17) is 0 Å². The molecule has 1 fully saturated rings. The zero-order valence-corrected chi connectivity index (χ0v) is 11.4. The van der Waals surface area contributed by atoms with E-state index in [0.29, 0.717) is 5.78 Å². The van der Waals surface area contributed by atoms with Crippen LogP contribution in [0, 0.1) is 5.92 Å². The summed E-state index contributed by atoms with van der Waals surface area (Å²) in [4.78, 5) is 12.0. The largest absolute Gasteiger partial charge is 0.295 e. The highest BCUT2D eigenvalue weighted by Crippen LogP contribution is 2.25. The van der Waals surface area contributed by atoms with Crippen molar-refractivity contribution in [2.45, 2.75) is 32.1 Å².